The number of nitrogens with zero attached hydrogens (tertiary/aromatic N) is 2. The number of hydrogen-bond acceptors (Lipinski definition) is 4. The smallest absolute Gasteiger partial charge is 0.433 e. The summed E-state index contributed by atoms with van der Waals surface area (Å²) in [7, 11) is 0. The number of aliphatic imine (C=N–C) groups is 1. The number of hydrogen-bond donors (Lipinski definition) is 0. The molecule has 1 unspecified atom stereocenters. The van der Waals surface area contributed by atoms with Gasteiger partial charge in [-0.15, -0.1) is 0 Å². The maximum atomic E-state index is 14.2. The van der Waals surface area contributed by atoms with Crippen LogP contribution in [-0.2, 0) is 17.8 Å². The van der Waals surface area contributed by atoms with E-state index in [2.05, 4.69) is 9.98 Å². The molecule has 0 saturated carbocycles. The average Bonchev–Trinajstić information content (AvgIpc) is 3.13. The van der Waals surface area contributed by atoms with E-state index in [-0.39, 0.29) is 34.5 Å². The van der Waals surface area contributed by atoms with Crippen LogP contribution in [-0.4, -0.2) is 29.4 Å². The van der Waals surface area contributed by atoms with Crippen molar-refractivity contribution in [2.45, 2.75) is 37.3 Å². The molecular formula is C20H12F9N2O2-. The van der Waals surface area contributed by atoms with E-state index in [1.165, 1.54) is 13.0 Å². The molecule has 3 rings (SSSR count). The molecule has 0 fully saturated rings. The zero-order valence-corrected chi connectivity index (χ0v) is 16.4. The van der Waals surface area contributed by atoms with Crippen molar-refractivity contribution in [1.29, 1.82) is 0 Å². The van der Waals surface area contributed by atoms with Crippen molar-refractivity contribution in [3.63, 3.8) is 0 Å². The highest BCUT2D eigenvalue weighted by molar-refractivity contribution is 6.03. The molecule has 2 aromatic rings. The molecule has 0 radical (unpaired) electrons. The maximum absolute atomic E-state index is 14.2. The van der Waals surface area contributed by atoms with Crippen LogP contribution in [0.25, 0.3) is 0 Å². The standard InChI is InChI=1S/C20H13F9N2O2/c1-9-4-10(2-3-12(9)16(32)33)13-7-17(8-30-13,20(27,28)29)11-5-14(18(21,22)23)31-15(6-11)19(24,25)26/h2-6H,7-8H2,1H3,(H,32,33)/p-1. The van der Waals surface area contributed by atoms with E-state index < -0.39 is 59.8 Å². The molecule has 0 spiro atoms. The van der Waals surface area contributed by atoms with E-state index in [4.69, 9.17) is 0 Å². The molecule has 1 aromatic carbocycles. The lowest BCUT2D eigenvalue weighted by molar-refractivity contribution is -0.255. The van der Waals surface area contributed by atoms with Gasteiger partial charge in [-0.1, -0.05) is 12.1 Å². The van der Waals surface area contributed by atoms with E-state index in [1.54, 1.807) is 0 Å². The van der Waals surface area contributed by atoms with Crippen molar-refractivity contribution in [1.82, 2.24) is 4.98 Å². The number of carboxylic acid groups (broad SMARTS) is 1. The highest BCUT2D eigenvalue weighted by atomic mass is 19.4. The Labute approximate surface area is 179 Å². The summed E-state index contributed by atoms with van der Waals surface area (Å²) < 4.78 is 121. The number of alkyl halides is 9. The number of carboxylic acids is 1. The van der Waals surface area contributed by atoms with Crippen LogP contribution in [0.5, 0.6) is 0 Å². The molecule has 4 nitrogen and oxygen atoms in total. The Hall–Kier alpha value is -3.12. The molecule has 33 heavy (non-hydrogen) atoms. The molecule has 1 aromatic heterocycles. The van der Waals surface area contributed by atoms with Gasteiger partial charge in [-0.05, 0) is 41.8 Å². The highest BCUT2D eigenvalue weighted by Crippen LogP contribution is 2.49. The van der Waals surface area contributed by atoms with Crippen LogP contribution < -0.4 is 5.11 Å². The molecule has 0 aliphatic carbocycles. The molecule has 1 atom stereocenters. The summed E-state index contributed by atoms with van der Waals surface area (Å²) >= 11 is 0. The first-order valence-electron chi connectivity index (χ1n) is 9.05. The third-order valence-electron chi connectivity index (χ3n) is 5.29. The highest BCUT2D eigenvalue weighted by Gasteiger charge is 2.59. The van der Waals surface area contributed by atoms with E-state index in [0.29, 0.717) is 0 Å². The molecule has 178 valence electrons. The number of aromatic nitrogens is 1. The van der Waals surface area contributed by atoms with Gasteiger partial charge in [0.25, 0.3) is 0 Å². The second kappa shape index (κ2) is 7.73. The third kappa shape index (κ3) is 4.53. The first kappa shape index (κ1) is 24.5. The first-order chi connectivity index (χ1) is 15.0. The number of carbonyl (C=O) groups excluding carboxylic acids is 1. The summed E-state index contributed by atoms with van der Waals surface area (Å²) in [4.78, 5) is 17.2. The number of carbonyl (C=O) groups is 1. The average molecular weight is 483 g/mol. The number of benzene rings is 1. The lowest BCUT2D eigenvalue weighted by Gasteiger charge is -2.32. The topological polar surface area (TPSA) is 65.4 Å². The lowest BCUT2D eigenvalue weighted by atomic mass is 9.76. The Bertz CT molecular complexity index is 1100. The molecule has 1 aliphatic rings. The van der Waals surface area contributed by atoms with Gasteiger partial charge in [0, 0.05) is 17.7 Å². The minimum Gasteiger partial charge on any atom is -0.545 e. The van der Waals surface area contributed by atoms with Crippen LogP contribution in [0.3, 0.4) is 0 Å². The second-order valence-electron chi connectivity index (χ2n) is 7.46. The van der Waals surface area contributed by atoms with Crippen LogP contribution in [0, 0.1) is 6.92 Å². The predicted molar refractivity (Wildman–Crippen MR) is 93.5 cm³/mol. The fraction of sp³-hybridized carbons (Fsp3) is 0.350. The monoisotopic (exact) mass is 483 g/mol. The Balaban J connectivity index is 2.14. The first-order valence-corrected chi connectivity index (χ1v) is 9.05. The minimum absolute atomic E-state index is 0.0461. The lowest BCUT2D eigenvalue weighted by Crippen LogP contribution is -2.44. The largest absolute Gasteiger partial charge is 0.545 e. The molecule has 0 saturated heterocycles. The zero-order chi connectivity index (χ0) is 25.0. The van der Waals surface area contributed by atoms with Crippen LogP contribution in [0.1, 0.15) is 44.9 Å². The van der Waals surface area contributed by atoms with E-state index in [1.807, 2.05) is 0 Å². The Morgan fingerprint density at radius 3 is 1.91 bits per heavy atom. The van der Waals surface area contributed by atoms with Gasteiger partial charge in [-0.3, -0.25) is 4.99 Å². The summed E-state index contributed by atoms with van der Waals surface area (Å²) in [5, 5.41) is 11.0. The second-order valence-corrected chi connectivity index (χ2v) is 7.46. The fourth-order valence-electron chi connectivity index (χ4n) is 3.54. The van der Waals surface area contributed by atoms with Crippen molar-refractivity contribution in [3.05, 3.63) is 64.0 Å². The molecule has 0 N–H and O–H groups in total. The van der Waals surface area contributed by atoms with Crippen molar-refractivity contribution in [3.8, 4) is 0 Å². The fourth-order valence-corrected chi connectivity index (χ4v) is 3.54. The number of halogens is 9. The summed E-state index contributed by atoms with van der Waals surface area (Å²) in [5.41, 5.74) is -8.99. The van der Waals surface area contributed by atoms with Crippen LogP contribution in [0.2, 0.25) is 0 Å². The van der Waals surface area contributed by atoms with E-state index in [0.717, 1.165) is 12.1 Å². The summed E-state index contributed by atoms with van der Waals surface area (Å²) in [6.45, 7) is 0.182. The predicted octanol–water partition coefficient (Wildman–Crippen LogP) is 4.48. The number of aryl methyl sites for hydroxylation is 1. The normalized spacial score (nSPS) is 19.5. The Morgan fingerprint density at radius 1 is 0.939 bits per heavy atom. The quantitative estimate of drug-likeness (QED) is 0.605. The van der Waals surface area contributed by atoms with Gasteiger partial charge in [0.05, 0.1) is 12.5 Å². The van der Waals surface area contributed by atoms with Crippen LogP contribution in [0.4, 0.5) is 39.5 Å². The SMILES string of the molecule is Cc1cc(C2=NCC(c3cc(C(F)(F)F)nc(C(F)(F)F)c3)(C(F)(F)F)C2)ccc1C(=O)[O-]. The number of aromatic carboxylic acids is 1. The summed E-state index contributed by atoms with van der Waals surface area (Å²) in [6, 6.07) is 3.30. The van der Waals surface area contributed by atoms with Gasteiger partial charge < -0.3 is 9.90 Å². The van der Waals surface area contributed by atoms with Gasteiger partial charge in [0.1, 0.15) is 16.8 Å². The third-order valence-corrected chi connectivity index (χ3v) is 5.29. The van der Waals surface area contributed by atoms with Crippen molar-refractivity contribution in [2.24, 2.45) is 4.99 Å². The van der Waals surface area contributed by atoms with Gasteiger partial charge in [-0.25, -0.2) is 4.98 Å². The molecule has 2 heterocycles. The van der Waals surface area contributed by atoms with Crippen molar-refractivity contribution in [2.75, 3.05) is 6.54 Å². The van der Waals surface area contributed by atoms with E-state index in [9.17, 15) is 49.4 Å². The minimum atomic E-state index is -5.43. The van der Waals surface area contributed by atoms with Crippen molar-refractivity contribution < 1.29 is 49.4 Å². The van der Waals surface area contributed by atoms with Crippen LogP contribution in [0.15, 0.2) is 35.3 Å². The molecule has 0 amide bonds. The molecule has 1 aliphatic heterocycles. The molecule has 13 heteroatoms. The van der Waals surface area contributed by atoms with Crippen LogP contribution >= 0.6 is 0 Å². The summed E-state index contributed by atoms with van der Waals surface area (Å²) in [6.07, 6.45) is -17.2. The van der Waals surface area contributed by atoms with Gasteiger partial charge >= 0.3 is 18.5 Å². The Kier molecular flexibility index (Phi) is 5.75. The molecule has 0 bridgehead atoms. The van der Waals surface area contributed by atoms with Gasteiger partial charge in [-0.2, -0.15) is 39.5 Å². The zero-order valence-electron chi connectivity index (χ0n) is 16.4. The number of pyridine rings is 1. The molecular weight excluding hydrogens is 471 g/mol. The number of rotatable bonds is 3. The Morgan fingerprint density at radius 2 is 1.48 bits per heavy atom. The van der Waals surface area contributed by atoms with E-state index >= 15 is 0 Å². The summed E-state index contributed by atoms with van der Waals surface area (Å²) in [5.74, 6) is -1.53. The van der Waals surface area contributed by atoms with Gasteiger partial charge in [0.15, 0.2) is 0 Å². The van der Waals surface area contributed by atoms with Crippen molar-refractivity contribution >= 4 is 11.7 Å². The van der Waals surface area contributed by atoms with Gasteiger partial charge in [0.2, 0.25) is 0 Å². The maximum Gasteiger partial charge on any atom is 0.433 e.